The first kappa shape index (κ1) is 9.85. The van der Waals surface area contributed by atoms with Crippen molar-refractivity contribution < 1.29 is 19.1 Å². The minimum atomic E-state index is -1.16. The van der Waals surface area contributed by atoms with Gasteiger partial charge in [-0.25, -0.2) is 4.79 Å². The number of furan rings is 1. The van der Waals surface area contributed by atoms with Gasteiger partial charge in [-0.05, 0) is 18.4 Å². The summed E-state index contributed by atoms with van der Waals surface area (Å²) in [4.78, 5) is 21.6. The molecule has 1 aromatic rings. The maximum absolute atomic E-state index is 11.2. The monoisotopic (exact) mass is 200 g/mol. The van der Waals surface area contributed by atoms with E-state index in [-0.39, 0.29) is 17.3 Å². The van der Waals surface area contributed by atoms with Crippen molar-refractivity contribution in [3.8, 4) is 0 Å². The number of hydrogen-bond donors (Lipinski definition) is 1. The second-order valence-electron chi connectivity index (χ2n) is 2.33. The first-order valence-corrected chi connectivity index (χ1v) is 4.90. The Morgan fingerprint density at radius 1 is 1.46 bits per heavy atom. The summed E-state index contributed by atoms with van der Waals surface area (Å²) in [7, 11) is 0. The average molecular weight is 200 g/mol. The van der Waals surface area contributed by atoms with Gasteiger partial charge in [-0.2, -0.15) is 11.8 Å². The van der Waals surface area contributed by atoms with Crippen LogP contribution in [0.1, 0.15) is 21.1 Å². The van der Waals surface area contributed by atoms with E-state index in [4.69, 9.17) is 9.52 Å². The van der Waals surface area contributed by atoms with E-state index in [1.165, 1.54) is 23.9 Å². The first-order valence-electron chi connectivity index (χ1n) is 3.50. The summed E-state index contributed by atoms with van der Waals surface area (Å²) in [5, 5.41) is 8.50. The van der Waals surface area contributed by atoms with Crippen LogP contribution in [0, 0.1) is 0 Å². The Morgan fingerprint density at radius 3 is 2.54 bits per heavy atom. The highest BCUT2D eigenvalue weighted by Gasteiger charge is 2.13. The Balaban J connectivity index is 2.79. The van der Waals surface area contributed by atoms with Crippen LogP contribution < -0.4 is 0 Å². The number of Topliss-reactive ketones (excluding diaryl/α,β-unsaturated/α-hetero) is 1. The van der Waals surface area contributed by atoms with E-state index in [0.29, 0.717) is 5.75 Å². The smallest absolute Gasteiger partial charge is 0.371 e. The van der Waals surface area contributed by atoms with E-state index in [0.717, 1.165) is 0 Å². The van der Waals surface area contributed by atoms with Crippen LogP contribution in [-0.2, 0) is 0 Å². The highest BCUT2D eigenvalue weighted by molar-refractivity contribution is 7.99. The first-order chi connectivity index (χ1) is 6.15. The van der Waals surface area contributed by atoms with Crippen LogP contribution in [0.15, 0.2) is 16.5 Å². The van der Waals surface area contributed by atoms with Gasteiger partial charge in [0.1, 0.15) is 0 Å². The summed E-state index contributed by atoms with van der Waals surface area (Å²) in [6, 6.07) is 2.65. The second-order valence-corrected chi connectivity index (χ2v) is 3.19. The molecule has 0 saturated heterocycles. The third-order valence-corrected chi connectivity index (χ3v) is 1.92. The zero-order valence-corrected chi connectivity index (χ0v) is 7.76. The van der Waals surface area contributed by atoms with Crippen LogP contribution in [0.4, 0.5) is 0 Å². The van der Waals surface area contributed by atoms with E-state index in [1.54, 1.807) is 6.26 Å². The maximum atomic E-state index is 11.2. The highest BCUT2D eigenvalue weighted by atomic mass is 32.2. The molecule has 5 heteroatoms. The molecule has 0 bridgehead atoms. The minimum absolute atomic E-state index is 0.103. The van der Waals surface area contributed by atoms with E-state index in [1.807, 2.05) is 0 Å². The Hall–Kier alpha value is -1.23. The summed E-state index contributed by atoms with van der Waals surface area (Å²) in [5.74, 6) is -1.16. The molecule has 0 spiro atoms. The van der Waals surface area contributed by atoms with Gasteiger partial charge in [0.2, 0.25) is 11.5 Å². The zero-order valence-electron chi connectivity index (χ0n) is 6.94. The lowest BCUT2D eigenvalue weighted by Gasteiger charge is -1.91. The third-order valence-electron chi connectivity index (χ3n) is 1.37. The number of carbonyl (C=O) groups excluding carboxylic acids is 1. The lowest BCUT2D eigenvalue weighted by Crippen LogP contribution is -2.00. The van der Waals surface area contributed by atoms with Gasteiger partial charge < -0.3 is 9.52 Å². The lowest BCUT2D eigenvalue weighted by molar-refractivity contribution is 0.0660. The fourth-order valence-corrected chi connectivity index (χ4v) is 1.21. The van der Waals surface area contributed by atoms with Crippen molar-refractivity contribution >= 4 is 23.5 Å². The average Bonchev–Trinajstić information content (AvgIpc) is 2.52. The van der Waals surface area contributed by atoms with E-state index in [9.17, 15) is 9.59 Å². The molecule has 0 aliphatic rings. The molecule has 0 atom stereocenters. The van der Waals surface area contributed by atoms with Gasteiger partial charge in [0.05, 0.1) is 5.75 Å². The fourth-order valence-electron chi connectivity index (χ4n) is 0.805. The van der Waals surface area contributed by atoms with Crippen molar-refractivity contribution in [3.05, 3.63) is 23.7 Å². The molecular weight excluding hydrogens is 192 g/mol. The van der Waals surface area contributed by atoms with Crippen LogP contribution in [0.5, 0.6) is 0 Å². The topological polar surface area (TPSA) is 67.5 Å². The number of aromatic carboxylic acids is 1. The van der Waals surface area contributed by atoms with Crippen LogP contribution in [0.3, 0.4) is 0 Å². The summed E-state index contributed by atoms with van der Waals surface area (Å²) < 4.78 is 4.80. The molecule has 1 aromatic heterocycles. The molecule has 1 N–H and O–H groups in total. The lowest BCUT2D eigenvalue weighted by atomic mass is 10.3. The minimum Gasteiger partial charge on any atom is -0.475 e. The van der Waals surface area contributed by atoms with E-state index in [2.05, 4.69) is 0 Å². The van der Waals surface area contributed by atoms with Crippen molar-refractivity contribution in [2.75, 3.05) is 12.0 Å². The van der Waals surface area contributed by atoms with Crippen molar-refractivity contribution in [2.45, 2.75) is 0 Å². The molecule has 1 heterocycles. The van der Waals surface area contributed by atoms with Gasteiger partial charge in [-0.1, -0.05) is 0 Å². The predicted molar refractivity (Wildman–Crippen MR) is 48.4 cm³/mol. The second kappa shape index (κ2) is 4.13. The molecule has 4 nitrogen and oxygen atoms in total. The van der Waals surface area contributed by atoms with Crippen molar-refractivity contribution in [2.24, 2.45) is 0 Å². The van der Waals surface area contributed by atoms with E-state index >= 15 is 0 Å². The molecule has 0 fully saturated rings. The van der Waals surface area contributed by atoms with Gasteiger partial charge in [0, 0.05) is 0 Å². The summed E-state index contributed by atoms with van der Waals surface area (Å²) in [6.07, 6.45) is 1.79. The number of carboxylic acids is 1. The number of thioether (sulfide) groups is 1. The van der Waals surface area contributed by atoms with E-state index < -0.39 is 5.97 Å². The Kier molecular flexibility index (Phi) is 3.13. The fraction of sp³-hybridized carbons (Fsp3) is 0.250. The Morgan fingerprint density at radius 2 is 2.08 bits per heavy atom. The summed E-state index contributed by atoms with van der Waals surface area (Å²) in [6.45, 7) is 0. The van der Waals surface area contributed by atoms with Crippen molar-refractivity contribution in [1.82, 2.24) is 0 Å². The number of carbonyl (C=O) groups is 2. The van der Waals surface area contributed by atoms with Gasteiger partial charge in [0.25, 0.3) is 0 Å². The number of hydrogen-bond acceptors (Lipinski definition) is 4. The van der Waals surface area contributed by atoms with Crippen LogP contribution in [0.2, 0.25) is 0 Å². The summed E-state index contributed by atoms with van der Waals surface area (Å²) >= 11 is 1.37. The third kappa shape index (κ3) is 2.35. The van der Waals surface area contributed by atoms with Crippen molar-refractivity contribution in [3.63, 3.8) is 0 Å². The molecular formula is C8H8O4S. The predicted octanol–water partition coefficient (Wildman–Crippen LogP) is 1.52. The van der Waals surface area contributed by atoms with Crippen LogP contribution in [0.25, 0.3) is 0 Å². The molecule has 0 aliphatic carbocycles. The summed E-state index contributed by atoms with van der Waals surface area (Å²) in [5.41, 5.74) is 0. The normalized spacial score (nSPS) is 9.92. The standard InChI is InChI=1S/C8H8O4S/c1-13-4-5(9)6-2-3-7(12-6)8(10)11/h2-3H,4H2,1H3,(H,10,11). The highest BCUT2D eigenvalue weighted by Crippen LogP contribution is 2.10. The quantitative estimate of drug-likeness (QED) is 0.746. The number of ketones is 1. The number of rotatable bonds is 4. The van der Waals surface area contributed by atoms with Gasteiger partial charge >= 0.3 is 5.97 Å². The molecule has 0 aliphatic heterocycles. The van der Waals surface area contributed by atoms with Gasteiger partial charge in [0.15, 0.2) is 5.76 Å². The molecule has 0 saturated carbocycles. The Bertz CT molecular complexity index is 329. The SMILES string of the molecule is CSCC(=O)c1ccc(C(=O)O)o1. The number of carboxylic acid groups (broad SMARTS) is 1. The molecule has 0 aromatic carbocycles. The van der Waals surface area contributed by atoms with Gasteiger partial charge in [-0.15, -0.1) is 0 Å². The van der Waals surface area contributed by atoms with Gasteiger partial charge in [-0.3, -0.25) is 4.79 Å². The molecule has 0 amide bonds. The van der Waals surface area contributed by atoms with Crippen molar-refractivity contribution in [1.29, 1.82) is 0 Å². The van der Waals surface area contributed by atoms with Crippen LogP contribution >= 0.6 is 11.8 Å². The molecule has 0 unspecified atom stereocenters. The molecule has 1 rings (SSSR count). The molecule has 0 radical (unpaired) electrons. The maximum Gasteiger partial charge on any atom is 0.371 e. The molecule has 70 valence electrons. The largest absolute Gasteiger partial charge is 0.475 e. The zero-order chi connectivity index (χ0) is 9.84. The molecule has 13 heavy (non-hydrogen) atoms. The Labute approximate surface area is 78.9 Å². The van der Waals surface area contributed by atoms with Crippen LogP contribution in [-0.4, -0.2) is 28.9 Å².